The van der Waals surface area contributed by atoms with Crippen molar-refractivity contribution in [3.05, 3.63) is 82.0 Å². The van der Waals surface area contributed by atoms with Crippen LogP contribution in [0.4, 0.5) is 11.4 Å². The number of benzene rings is 2. The summed E-state index contributed by atoms with van der Waals surface area (Å²) in [5.41, 5.74) is 2.61. The molecule has 0 atom stereocenters. The average Bonchev–Trinajstić information content (AvgIpc) is 2.69. The number of carbonyl (C=O) groups is 1. The van der Waals surface area contributed by atoms with Gasteiger partial charge in [-0.1, -0.05) is 29.8 Å². The molecule has 0 bridgehead atoms. The number of aryl methyl sites for hydroxylation is 1. The van der Waals surface area contributed by atoms with E-state index in [-0.39, 0.29) is 11.4 Å². The first-order valence-corrected chi connectivity index (χ1v) is 8.73. The van der Waals surface area contributed by atoms with Crippen LogP contribution in [0, 0.1) is 25.2 Å². The number of ether oxygens (including phenoxy) is 1. The maximum Gasteiger partial charge on any atom is 0.344 e. The first-order valence-electron chi connectivity index (χ1n) is 8.35. The zero-order valence-electron chi connectivity index (χ0n) is 15.2. The van der Waals surface area contributed by atoms with Gasteiger partial charge in [-0.3, -0.25) is 0 Å². The fraction of sp³-hybridized carbons (Fsp3) is 0.0952. The lowest BCUT2D eigenvalue weighted by molar-refractivity contribution is 0.0726. The minimum atomic E-state index is -0.627. The number of esters is 1. The van der Waals surface area contributed by atoms with Crippen LogP contribution in [0.25, 0.3) is 0 Å². The molecule has 7 heteroatoms. The highest BCUT2D eigenvalue weighted by atomic mass is 35.5. The largest absolute Gasteiger partial charge is 0.402 e. The molecule has 0 aliphatic carbocycles. The molecule has 0 aliphatic rings. The number of nitrogens with zero attached hydrogens (tertiary/aromatic N) is 4. The molecule has 3 aromatic rings. The van der Waals surface area contributed by atoms with Gasteiger partial charge in [-0.25, -0.2) is 9.78 Å². The number of carbonyl (C=O) groups excluding carboxylic acids is 1. The predicted octanol–water partition coefficient (Wildman–Crippen LogP) is 5.86. The molecule has 0 unspecified atom stereocenters. The Bertz CT molecular complexity index is 1090. The van der Waals surface area contributed by atoms with Gasteiger partial charge < -0.3 is 4.74 Å². The Morgan fingerprint density at radius 2 is 1.75 bits per heavy atom. The van der Waals surface area contributed by atoms with Crippen molar-refractivity contribution in [1.29, 1.82) is 5.26 Å². The van der Waals surface area contributed by atoms with Gasteiger partial charge in [-0.2, -0.15) is 10.4 Å². The van der Waals surface area contributed by atoms with Crippen LogP contribution < -0.4 is 4.74 Å². The number of hydrogen-bond acceptors (Lipinski definition) is 6. The monoisotopic (exact) mass is 390 g/mol. The van der Waals surface area contributed by atoms with E-state index >= 15 is 0 Å². The maximum absolute atomic E-state index is 12.4. The van der Waals surface area contributed by atoms with Crippen LogP contribution in [0.3, 0.4) is 0 Å². The van der Waals surface area contributed by atoms with E-state index in [1.807, 2.05) is 36.4 Å². The smallest absolute Gasteiger partial charge is 0.344 e. The molecule has 0 N–H and O–H groups in total. The number of rotatable bonds is 4. The van der Waals surface area contributed by atoms with E-state index in [0.29, 0.717) is 33.2 Å². The number of azo groups is 1. The summed E-state index contributed by atoms with van der Waals surface area (Å²) in [7, 11) is 0. The molecule has 0 radical (unpaired) electrons. The summed E-state index contributed by atoms with van der Waals surface area (Å²) in [6.07, 6.45) is 0. The van der Waals surface area contributed by atoms with Gasteiger partial charge in [0.2, 0.25) is 5.88 Å². The second-order valence-corrected chi connectivity index (χ2v) is 6.33. The molecule has 6 nitrogen and oxygen atoms in total. The first-order chi connectivity index (χ1) is 13.5. The van der Waals surface area contributed by atoms with E-state index in [1.165, 1.54) is 0 Å². The molecule has 1 heterocycles. The summed E-state index contributed by atoms with van der Waals surface area (Å²) in [6.45, 7) is 3.43. The Kier molecular flexibility index (Phi) is 5.78. The third-order valence-corrected chi connectivity index (χ3v) is 4.21. The minimum absolute atomic E-state index is 0.0592. The Hall–Kier alpha value is -3.56. The van der Waals surface area contributed by atoms with Crippen LogP contribution in [-0.4, -0.2) is 11.0 Å². The SMILES string of the molecule is Cc1nc(OC(=O)c2ccc(Cl)cc2)c(C#N)c(C)c1N=Nc1ccccc1. The summed E-state index contributed by atoms with van der Waals surface area (Å²) in [5, 5.41) is 18.5. The van der Waals surface area contributed by atoms with E-state index in [4.69, 9.17) is 16.3 Å². The minimum Gasteiger partial charge on any atom is -0.402 e. The number of halogens is 1. The molecule has 28 heavy (non-hydrogen) atoms. The third kappa shape index (κ3) is 4.22. The summed E-state index contributed by atoms with van der Waals surface area (Å²) < 4.78 is 5.35. The lowest BCUT2D eigenvalue weighted by atomic mass is 10.1. The second-order valence-electron chi connectivity index (χ2n) is 5.89. The fourth-order valence-electron chi connectivity index (χ4n) is 2.50. The quantitative estimate of drug-likeness (QED) is 0.412. The second kappa shape index (κ2) is 8.42. The van der Waals surface area contributed by atoms with Crippen molar-refractivity contribution < 1.29 is 9.53 Å². The molecular weight excluding hydrogens is 376 g/mol. The summed E-state index contributed by atoms with van der Waals surface area (Å²) >= 11 is 5.83. The first kappa shape index (κ1) is 19.2. The molecule has 0 aliphatic heterocycles. The number of aromatic nitrogens is 1. The van der Waals surface area contributed by atoms with Crippen molar-refractivity contribution in [3.8, 4) is 11.9 Å². The van der Waals surface area contributed by atoms with Crippen molar-refractivity contribution in [3.63, 3.8) is 0 Å². The molecule has 138 valence electrons. The van der Waals surface area contributed by atoms with Crippen LogP contribution in [0.5, 0.6) is 5.88 Å². The summed E-state index contributed by atoms with van der Waals surface area (Å²) in [6, 6.07) is 17.5. The molecule has 1 aromatic heterocycles. The number of pyridine rings is 1. The van der Waals surface area contributed by atoms with Gasteiger partial charge in [0.25, 0.3) is 0 Å². The third-order valence-electron chi connectivity index (χ3n) is 3.96. The molecule has 0 amide bonds. The highest BCUT2D eigenvalue weighted by Crippen LogP contribution is 2.32. The van der Waals surface area contributed by atoms with Crippen LogP contribution in [-0.2, 0) is 0 Å². The van der Waals surface area contributed by atoms with Crippen LogP contribution in [0.15, 0.2) is 64.8 Å². The average molecular weight is 391 g/mol. The van der Waals surface area contributed by atoms with E-state index in [0.717, 1.165) is 0 Å². The highest BCUT2D eigenvalue weighted by Gasteiger charge is 2.19. The van der Waals surface area contributed by atoms with E-state index in [2.05, 4.69) is 15.2 Å². The molecule has 0 fully saturated rings. The Balaban J connectivity index is 1.93. The van der Waals surface area contributed by atoms with Crippen LogP contribution in [0.2, 0.25) is 5.02 Å². The van der Waals surface area contributed by atoms with Crippen molar-refractivity contribution in [2.24, 2.45) is 10.2 Å². The Morgan fingerprint density at radius 3 is 2.39 bits per heavy atom. The molecule has 0 saturated carbocycles. The van der Waals surface area contributed by atoms with Gasteiger partial charge in [0.05, 0.1) is 16.9 Å². The van der Waals surface area contributed by atoms with Gasteiger partial charge >= 0.3 is 5.97 Å². The van der Waals surface area contributed by atoms with Crippen LogP contribution >= 0.6 is 11.6 Å². The van der Waals surface area contributed by atoms with E-state index < -0.39 is 5.97 Å². The highest BCUT2D eigenvalue weighted by molar-refractivity contribution is 6.30. The summed E-state index contributed by atoms with van der Waals surface area (Å²) in [5.74, 6) is -0.686. The topological polar surface area (TPSA) is 87.7 Å². The normalized spacial score (nSPS) is 10.6. The van der Waals surface area contributed by atoms with E-state index in [1.54, 1.807) is 38.1 Å². The molecule has 0 spiro atoms. The van der Waals surface area contributed by atoms with Gasteiger partial charge in [0, 0.05) is 10.6 Å². The molecule has 0 saturated heterocycles. The Labute approximate surface area is 167 Å². The molecule has 3 rings (SSSR count). The standard InChI is InChI=1S/C21H15ClN4O2/c1-13-18(12-23)20(28-21(27)15-8-10-16(22)11-9-15)24-14(2)19(13)26-25-17-6-4-3-5-7-17/h3-11H,1-2H3. The number of hydrogen-bond donors (Lipinski definition) is 0. The molecular formula is C21H15ClN4O2. The van der Waals surface area contributed by atoms with Crippen molar-refractivity contribution in [2.75, 3.05) is 0 Å². The number of nitriles is 1. The van der Waals surface area contributed by atoms with Crippen molar-refractivity contribution in [1.82, 2.24) is 4.98 Å². The van der Waals surface area contributed by atoms with Crippen molar-refractivity contribution >= 4 is 28.9 Å². The zero-order valence-corrected chi connectivity index (χ0v) is 15.9. The lowest BCUT2D eigenvalue weighted by Crippen LogP contribution is -2.11. The Morgan fingerprint density at radius 1 is 1.07 bits per heavy atom. The van der Waals surface area contributed by atoms with Gasteiger partial charge in [0.1, 0.15) is 17.3 Å². The summed E-state index contributed by atoms with van der Waals surface area (Å²) in [4.78, 5) is 16.6. The van der Waals surface area contributed by atoms with Crippen molar-refractivity contribution in [2.45, 2.75) is 13.8 Å². The maximum atomic E-state index is 12.4. The van der Waals surface area contributed by atoms with Gasteiger partial charge in [0.15, 0.2) is 0 Å². The predicted molar refractivity (Wildman–Crippen MR) is 105 cm³/mol. The molecule has 2 aromatic carbocycles. The lowest BCUT2D eigenvalue weighted by Gasteiger charge is -2.11. The van der Waals surface area contributed by atoms with E-state index in [9.17, 15) is 10.1 Å². The zero-order chi connectivity index (χ0) is 20.1. The van der Waals surface area contributed by atoms with Gasteiger partial charge in [-0.15, -0.1) is 5.11 Å². The van der Waals surface area contributed by atoms with Gasteiger partial charge in [-0.05, 0) is 50.2 Å². The fourth-order valence-corrected chi connectivity index (χ4v) is 2.63. The van der Waals surface area contributed by atoms with Crippen LogP contribution in [0.1, 0.15) is 27.2 Å².